The third-order valence-corrected chi connectivity index (χ3v) is 11.5. The van der Waals surface area contributed by atoms with Crippen LogP contribution >= 0.6 is 0 Å². The summed E-state index contributed by atoms with van der Waals surface area (Å²) in [5.41, 5.74) is 4.04. The standard InChI is InChI=1S/C40H62N6O2/c1-5-43(3)35-25-21-33(22-26-35)41-39(47)45(37-13-9-7-10-14-37)29-31-17-19-32(20-18-31)30-46(38-15-11-8-12-16-38)40(48)42-34-23-27-36(28-24-34)44(4)6-2/h21-28,31-32,37-38H,5-20,29-30H2,1-4H3,(H,41,47)(H,42,48). The Kier molecular flexibility index (Phi) is 13.3. The molecule has 0 heterocycles. The molecule has 3 fully saturated rings. The highest BCUT2D eigenvalue weighted by molar-refractivity contribution is 5.90. The first-order valence-corrected chi connectivity index (χ1v) is 19.1. The fourth-order valence-electron chi connectivity index (χ4n) is 8.09. The number of hydrogen-bond acceptors (Lipinski definition) is 4. The van der Waals surface area contributed by atoms with Crippen molar-refractivity contribution in [2.75, 3.05) is 60.7 Å². The molecule has 0 saturated heterocycles. The number of urea groups is 2. The second-order valence-corrected chi connectivity index (χ2v) is 14.8. The molecule has 3 aliphatic carbocycles. The lowest BCUT2D eigenvalue weighted by atomic mass is 9.80. The molecule has 0 unspecified atom stereocenters. The van der Waals surface area contributed by atoms with Gasteiger partial charge in [0.1, 0.15) is 0 Å². The van der Waals surface area contributed by atoms with Gasteiger partial charge in [0.25, 0.3) is 0 Å². The molecular weight excluding hydrogens is 596 g/mol. The molecule has 2 N–H and O–H groups in total. The second-order valence-electron chi connectivity index (χ2n) is 14.8. The van der Waals surface area contributed by atoms with Crippen LogP contribution in [-0.2, 0) is 0 Å². The van der Waals surface area contributed by atoms with Gasteiger partial charge in [-0.15, -0.1) is 0 Å². The summed E-state index contributed by atoms with van der Waals surface area (Å²) in [7, 11) is 4.17. The zero-order valence-corrected chi connectivity index (χ0v) is 30.3. The van der Waals surface area contributed by atoms with E-state index >= 15 is 0 Å². The van der Waals surface area contributed by atoms with E-state index in [1.165, 1.54) is 38.5 Å². The third-order valence-electron chi connectivity index (χ3n) is 11.5. The van der Waals surface area contributed by atoms with Gasteiger partial charge in [0, 0.05) is 75.1 Å². The molecule has 0 bridgehead atoms. The van der Waals surface area contributed by atoms with Crippen molar-refractivity contribution in [1.29, 1.82) is 0 Å². The Morgan fingerprint density at radius 1 is 0.542 bits per heavy atom. The normalized spacial score (nSPS) is 20.5. The van der Waals surface area contributed by atoms with Crippen LogP contribution in [0.3, 0.4) is 0 Å². The Morgan fingerprint density at radius 2 is 0.875 bits per heavy atom. The maximum Gasteiger partial charge on any atom is 0.322 e. The molecule has 0 radical (unpaired) electrons. The molecule has 3 saturated carbocycles. The summed E-state index contributed by atoms with van der Waals surface area (Å²) in [5.74, 6) is 1.01. The molecule has 0 atom stereocenters. The number of carbonyl (C=O) groups excluding carboxylic acids is 2. The van der Waals surface area contributed by atoms with E-state index in [-0.39, 0.29) is 12.1 Å². The maximum absolute atomic E-state index is 13.8. The molecule has 0 aliphatic heterocycles. The predicted molar refractivity (Wildman–Crippen MR) is 201 cm³/mol. The van der Waals surface area contributed by atoms with Crippen molar-refractivity contribution < 1.29 is 9.59 Å². The van der Waals surface area contributed by atoms with Crippen LogP contribution in [0.25, 0.3) is 0 Å². The predicted octanol–water partition coefficient (Wildman–Crippen LogP) is 9.44. The van der Waals surface area contributed by atoms with Crippen LogP contribution in [0.4, 0.5) is 32.3 Å². The quantitative estimate of drug-likeness (QED) is 0.238. The number of amides is 4. The molecule has 8 heteroatoms. The van der Waals surface area contributed by atoms with E-state index in [1.54, 1.807) is 0 Å². The first-order valence-electron chi connectivity index (χ1n) is 19.1. The van der Waals surface area contributed by atoms with E-state index < -0.39 is 0 Å². The van der Waals surface area contributed by atoms with Crippen LogP contribution in [0.2, 0.25) is 0 Å². The van der Waals surface area contributed by atoms with Crippen LogP contribution in [0.5, 0.6) is 0 Å². The van der Waals surface area contributed by atoms with E-state index in [9.17, 15) is 9.59 Å². The largest absolute Gasteiger partial charge is 0.375 e. The van der Waals surface area contributed by atoms with Gasteiger partial charge in [-0.3, -0.25) is 0 Å². The lowest BCUT2D eigenvalue weighted by Gasteiger charge is -2.40. The Morgan fingerprint density at radius 3 is 1.19 bits per heavy atom. The zero-order chi connectivity index (χ0) is 33.9. The highest BCUT2D eigenvalue weighted by Gasteiger charge is 2.33. The van der Waals surface area contributed by atoms with Crippen molar-refractivity contribution in [1.82, 2.24) is 9.80 Å². The molecule has 3 aliphatic rings. The molecule has 5 rings (SSSR count). The number of nitrogens with zero attached hydrogens (tertiary/aromatic N) is 4. The zero-order valence-electron chi connectivity index (χ0n) is 30.3. The second kappa shape index (κ2) is 17.8. The molecule has 4 amide bonds. The minimum absolute atomic E-state index is 0.0511. The molecule has 264 valence electrons. The number of nitrogens with one attached hydrogen (secondary N) is 2. The first-order chi connectivity index (χ1) is 23.3. The van der Waals surface area contributed by atoms with E-state index in [0.717, 1.165) is 100 Å². The van der Waals surface area contributed by atoms with E-state index in [4.69, 9.17) is 0 Å². The number of benzene rings is 2. The molecule has 8 nitrogen and oxygen atoms in total. The summed E-state index contributed by atoms with van der Waals surface area (Å²) < 4.78 is 0. The Balaban J connectivity index is 1.18. The lowest BCUT2D eigenvalue weighted by molar-refractivity contribution is 0.117. The molecule has 0 spiro atoms. The van der Waals surface area contributed by atoms with Crippen LogP contribution < -0.4 is 20.4 Å². The summed E-state index contributed by atoms with van der Waals surface area (Å²) in [4.78, 5) is 36.3. The minimum atomic E-state index is 0.0511. The van der Waals surface area contributed by atoms with Crippen molar-refractivity contribution in [3.8, 4) is 0 Å². The van der Waals surface area contributed by atoms with Gasteiger partial charge in [0.15, 0.2) is 0 Å². The van der Waals surface area contributed by atoms with Crippen LogP contribution in [-0.4, -0.2) is 74.2 Å². The maximum atomic E-state index is 13.8. The fraction of sp³-hybridized carbons (Fsp3) is 0.650. The smallest absolute Gasteiger partial charge is 0.322 e. The van der Waals surface area contributed by atoms with Gasteiger partial charge in [-0.05, 0) is 126 Å². The van der Waals surface area contributed by atoms with Crippen molar-refractivity contribution in [2.45, 2.75) is 116 Å². The average Bonchev–Trinajstić information content (AvgIpc) is 3.14. The minimum Gasteiger partial charge on any atom is -0.375 e. The van der Waals surface area contributed by atoms with Gasteiger partial charge in [-0.2, -0.15) is 0 Å². The van der Waals surface area contributed by atoms with E-state index in [1.807, 2.05) is 24.3 Å². The van der Waals surface area contributed by atoms with Gasteiger partial charge in [0.05, 0.1) is 0 Å². The Labute approximate surface area is 290 Å². The van der Waals surface area contributed by atoms with Gasteiger partial charge in [0.2, 0.25) is 0 Å². The highest BCUT2D eigenvalue weighted by Crippen LogP contribution is 2.34. The molecule has 0 aromatic heterocycles. The summed E-state index contributed by atoms with van der Waals surface area (Å²) >= 11 is 0. The SMILES string of the molecule is CCN(C)c1ccc(NC(=O)N(CC2CCC(CN(C(=O)Nc3ccc(N(C)CC)cc3)C3CCCCC3)CC2)C2CCCCC2)cc1. The highest BCUT2D eigenvalue weighted by atomic mass is 16.2. The van der Waals surface area contributed by atoms with Crippen molar-refractivity contribution >= 4 is 34.8 Å². The molecule has 48 heavy (non-hydrogen) atoms. The molecule has 2 aromatic rings. The van der Waals surface area contributed by atoms with Gasteiger partial charge in [-0.25, -0.2) is 9.59 Å². The summed E-state index contributed by atoms with van der Waals surface area (Å²) in [6, 6.07) is 17.2. The monoisotopic (exact) mass is 658 g/mol. The first kappa shape index (κ1) is 35.9. The number of rotatable bonds is 12. The number of carbonyl (C=O) groups is 2. The summed E-state index contributed by atoms with van der Waals surface area (Å²) in [6.45, 7) is 7.83. The van der Waals surface area contributed by atoms with Crippen LogP contribution in [0, 0.1) is 11.8 Å². The Bertz CT molecular complexity index is 1160. The summed E-state index contributed by atoms with van der Waals surface area (Å²) in [6.07, 6.45) is 16.3. The van der Waals surface area contributed by atoms with Gasteiger partial charge < -0.3 is 30.2 Å². The topological polar surface area (TPSA) is 71.2 Å². The molecule has 2 aromatic carbocycles. The van der Waals surface area contributed by atoms with Crippen molar-refractivity contribution in [3.05, 3.63) is 48.5 Å². The third kappa shape index (κ3) is 9.82. The van der Waals surface area contributed by atoms with Gasteiger partial charge >= 0.3 is 12.1 Å². The summed E-state index contributed by atoms with van der Waals surface area (Å²) in [5, 5.41) is 6.49. The van der Waals surface area contributed by atoms with Crippen LogP contribution in [0.15, 0.2) is 48.5 Å². The van der Waals surface area contributed by atoms with E-state index in [0.29, 0.717) is 23.9 Å². The Hall–Kier alpha value is -3.42. The fourth-order valence-corrected chi connectivity index (χ4v) is 8.09. The lowest BCUT2D eigenvalue weighted by Crippen LogP contribution is -2.48. The average molecular weight is 659 g/mol. The number of anilines is 4. The van der Waals surface area contributed by atoms with Crippen LogP contribution in [0.1, 0.15) is 104 Å². The van der Waals surface area contributed by atoms with Gasteiger partial charge in [-0.1, -0.05) is 38.5 Å². The number of hydrogen-bond donors (Lipinski definition) is 2. The van der Waals surface area contributed by atoms with Crippen molar-refractivity contribution in [2.24, 2.45) is 11.8 Å². The van der Waals surface area contributed by atoms with E-state index in [2.05, 4.69) is 82.4 Å². The molecular formula is C40H62N6O2. The van der Waals surface area contributed by atoms with Crippen molar-refractivity contribution in [3.63, 3.8) is 0 Å².